The van der Waals surface area contributed by atoms with Gasteiger partial charge in [0.1, 0.15) is 0 Å². The summed E-state index contributed by atoms with van der Waals surface area (Å²) in [5, 5.41) is 3.91. The fourth-order valence-corrected chi connectivity index (χ4v) is 1.93. The van der Waals surface area contributed by atoms with E-state index in [0.717, 1.165) is 0 Å². The summed E-state index contributed by atoms with van der Waals surface area (Å²) >= 11 is 1.63. The molecule has 1 fully saturated rings. The normalized spacial score (nSPS) is 20.6. The van der Waals surface area contributed by atoms with Crippen molar-refractivity contribution in [1.29, 1.82) is 0 Å². The van der Waals surface area contributed by atoms with Crippen molar-refractivity contribution in [3.05, 3.63) is 23.1 Å². The third-order valence-corrected chi connectivity index (χ3v) is 2.90. The highest BCUT2D eigenvalue weighted by Crippen LogP contribution is 2.15. The molecular formula is C12H19NS. The van der Waals surface area contributed by atoms with Crippen molar-refractivity contribution in [2.75, 3.05) is 0 Å². The van der Waals surface area contributed by atoms with Crippen LogP contribution in [0.4, 0.5) is 0 Å². The maximum absolute atomic E-state index is 3.86. The Hall–Kier alpha value is -0.500. The summed E-state index contributed by atoms with van der Waals surface area (Å²) in [6.07, 6.45) is 15.9. The van der Waals surface area contributed by atoms with Crippen LogP contribution >= 0.6 is 11.8 Å². The van der Waals surface area contributed by atoms with Gasteiger partial charge in [-0.05, 0) is 16.9 Å². The lowest BCUT2D eigenvalue weighted by atomic mass is 10.2. The molecule has 14 heavy (non-hydrogen) atoms. The van der Waals surface area contributed by atoms with E-state index in [1.807, 2.05) is 16.9 Å². The predicted molar refractivity (Wildman–Crippen MR) is 66.7 cm³/mol. The first-order chi connectivity index (χ1) is 7.00. The van der Waals surface area contributed by atoms with Gasteiger partial charge in [-0.1, -0.05) is 44.9 Å². The fraction of sp³-hybridized carbons (Fsp3) is 0.583. The van der Waals surface area contributed by atoms with Gasteiger partial charge in [-0.25, -0.2) is 0 Å². The number of thioether (sulfide) groups is 1. The molecule has 0 aromatic heterocycles. The van der Waals surface area contributed by atoms with Gasteiger partial charge in [0.2, 0.25) is 0 Å². The molecular weight excluding hydrogens is 190 g/mol. The van der Waals surface area contributed by atoms with Gasteiger partial charge in [-0.15, -0.1) is 11.8 Å². The summed E-state index contributed by atoms with van der Waals surface area (Å²) in [6.45, 7) is 0. The second-order valence-electron chi connectivity index (χ2n) is 3.52. The minimum Gasteiger partial charge on any atom is -0.264 e. The quantitative estimate of drug-likeness (QED) is 0.534. The standard InChI is InChI=1S/C7H14.C5H5NS/c1-2-4-6-7-5-3-1;1-2-6-3-5-7-4-1/h1-7H2;1-5H. The Kier molecular flexibility index (Phi) is 7.50. The van der Waals surface area contributed by atoms with Crippen LogP contribution in [-0.4, -0.2) is 6.21 Å². The first-order valence-electron chi connectivity index (χ1n) is 5.49. The highest BCUT2D eigenvalue weighted by atomic mass is 32.2. The Labute approximate surface area is 91.4 Å². The van der Waals surface area contributed by atoms with Crippen LogP contribution in [0.2, 0.25) is 0 Å². The Morgan fingerprint density at radius 1 is 0.786 bits per heavy atom. The monoisotopic (exact) mass is 209 g/mol. The van der Waals surface area contributed by atoms with E-state index in [9.17, 15) is 0 Å². The molecule has 0 aromatic rings. The zero-order valence-electron chi connectivity index (χ0n) is 8.69. The second-order valence-corrected chi connectivity index (χ2v) is 4.34. The highest BCUT2D eigenvalue weighted by molar-refractivity contribution is 8.04. The molecule has 2 heteroatoms. The zero-order chi connectivity index (χ0) is 9.90. The molecule has 0 unspecified atom stereocenters. The van der Waals surface area contributed by atoms with Gasteiger partial charge < -0.3 is 0 Å². The fourth-order valence-electron chi connectivity index (χ4n) is 1.53. The lowest BCUT2D eigenvalue weighted by Crippen LogP contribution is -1.66. The van der Waals surface area contributed by atoms with Gasteiger partial charge in [-0.3, -0.25) is 4.99 Å². The first-order valence-corrected chi connectivity index (χ1v) is 6.43. The smallest absolute Gasteiger partial charge is 0.0334 e. The van der Waals surface area contributed by atoms with E-state index in [1.54, 1.807) is 24.2 Å². The van der Waals surface area contributed by atoms with Crippen LogP contribution in [0.25, 0.3) is 0 Å². The van der Waals surface area contributed by atoms with Crippen LogP contribution in [0.1, 0.15) is 44.9 Å². The molecule has 0 radical (unpaired) electrons. The van der Waals surface area contributed by atoms with Gasteiger partial charge in [0.05, 0.1) is 0 Å². The molecule has 0 atom stereocenters. The molecule has 1 aliphatic carbocycles. The Morgan fingerprint density at radius 2 is 1.36 bits per heavy atom. The summed E-state index contributed by atoms with van der Waals surface area (Å²) in [5.74, 6) is 0. The summed E-state index contributed by atoms with van der Waals surface area (Å²) in [5.41, 5.74) is 0. The molecule has 78 valence electrons. The van der Waals surface area contributed by atoms with E-state index >= 15 is 0 Å². The van der Waals surface area contributed by atoms with E-state index < -0.39 is 0 Å². The van der Waals surface area contributed by atoms with Gasteiger partial charge in [0, 0.05) is 12.4 Å². The maximum Gasteiger partial charge on any atom is 0.0334 e. The van der Waals surface area contributed by atoms with Crippen LogP contribution in [0.15, 0.2) is 28.1 Å². The molecule has 1 aliphatic heterocycles. The summed E-state index contributed by atoms with van der Waals surface area (Å²) < 4.78 is 0. The molecule has 0 saturated heterocycles. The number of allylic oxidation sites excluding steroid dienone is 1. The number of rotatable bonds is 0. The van der Waals surface area contributed by atoms with Gasteiger partial charge in [0.25, 0.3) is 0 Å². The predicted octanol–water partition coefficient (Wildman–Crippen LogP) is 4.52. The third-order valence-electron chi connectivity index (χ3n) is 2.30. The maximum atomic E-state index is 3.86. The van der Waals surface area contributed by atoms with Crippen LogP contribution in [0.3, 0.4) is 0 Å². The van der Waals surface area contributed by atoms with E-state index in [0.29, 0.717) is 0 Å². The van der Waals surface area contributed by atoms with Crippen molar-refractivity contribution in [2.45, 2.75) is 44.9 Å². The lowest BCUT2D eigenvalue weighted by molar-refractivity contribution is 0.702. The van der Waals surface area contributed by atoms with Crippen molar-refractivity contribution in [2.24, 2.45) is 4.99 Å². The SMILES string of the molecule is C1=CSC=CN=C1.C1CCCCCC1. The summed E-state index contributed by atoms with van der Waals surface area (Å²) in [4.78, 5) is 3.86. The third kappa shape index (κ3) is 6.96. The molecule has 0 aromatic carbocycles. The Morgan fingerprint density at radius 3 is 1.93 bits per heavy atom. The highest BCUT2D eigenvalue weighted by Gasteiger charge is 1.95. The molecule has 0 amide bonds. The minimum absolute atomic E-state index is 1.50. The summed E-state index contributed by atoms with van der Waals surface area (Å²) in [7, 11) is 0. The first kappa shape index (κ1) is 11.6. The molecule has 0 N–H and O–H groups in total. The molecule has 1 nitrogen and oxygen atoms in total. The van der Waals surface area contributed by atoms with Crippen molar-refractivity contribution < 1.29 is 0 Å². The van der Waals surface area contributed by atoms with Crippen molar-refractivity contribution >= 4 is 18.0 Å². The molecule has 2 aliphatic rings. The largest absolute Gasteiger partial charge is 0.264 e. The summed E-state index contributed by atoms with van der Waals surface area (Å²) in [6, 6.07) is 0. The minimum atomic E-state index is 1.50. The van der Waals surface area contributed by atoms with E-state index in [-0.39, 0.29) is 0 Å². The number of hydrogen-bond donors (Lipinski definition) is 0. The topological polar surface area (TPSA) is 12.4 Å². The molecule has 2 rings (SSSR count). The number of aliphatic imine (C=N–C) groups is 1. The molecule has 1 saturated carbocycles. The van der Waals surface area contributed by atoms with Gasteiger partial charge in [-0.2, -0.15) is 0 Å². The van der Waals surface area contributed by atoms with Crippen LogP contribution in [0.5, 0.6) is 0 Å². The Balaban J connectivity index is 0.000000140. The average molecular weight is 209 g/mol. The Bertz CT molecular complexity index is 173. The lowest BCUT2D eigenvalue weighted by Gasteiger charge is -1.85. The molecule has 0 spiro atoms. The van der Waals surface area contributed by atoms with E-state index in [4.69, 9.17) is 0 Å². The van der Waals surface area contributed by atoms with Crippen LogP contribution in [0, 0.1) is 0 Å². The second kappa shape index (κ2) is 9.07. The molecule has 1 heterocycles. The number of nitrogens with zero attached hydrogens (tertiary/aromatic N) is 1. The molecule has 0 bridgehead atoms. The van der Waals surface area contributed by atoms with Crippen molar-refractivity contribution in [3.63, 3.8) is 0 Å². The van der Waals surface area contributed by atoms with Gasteiger partial charge >= 0.3 is 0 Å². The van der Waals surface area contributed by atoms with E-state index in [2.05, 4.69) is 4.99 Å². The van der Waals surface area contributed by atoms with Crippen LogP contribution < -0.4 is 0 Å². The van der Waals surface area contributed by atoms with Crippen molar-refractivity contribution in [3.8, 4) is 0 Å². The van der Waals surface area contributed by atoms with Gasteiger partial charge in [0.15, 0.2) is 0 Å². The number of hydrogen-bond acceptors (Lipinski definition) is 2. The van der Waals surface area contributed by atoms with E-state index in [1.165, 1.54) is 44.9 Å². The van der Waals surface area contributed by atoms with Crippen molar-refractivity contribution in [1.82, 2.24) is 0 Å². The van der Waals surface area contributed by atoms with Crippen LogP contribution in [-0.2, 0) is 0 Å². The average Bonchev–Trinajstić information content (AvgIpc) is 2.68. The zero-order valence-corrected chi connectivity index (χ0v) is 9.51.